The molecule has 3 nitrogen and oxygen atoms in total. The Labute approximate surface area is 162 Å². The number of carbonyl (C=O) groups is 1. The van der Waals surface area contributed by atoms with Crippen molar-refractivity contribution < 1.29 is 9.90 Å². The molecule has 0 atom stereocenters. The van der Waals surface area contributed by atoms with Gasteiger partial charge in [-0.2, -0.15) is 0 Å². The van der Waals surface area contributed by atoms with Gasteiger partial charge < -0.3 is 9.67 Å². The Morgan fingerprint density at radius 1 is 1.22 bits per heavy atom. The second-order valence-electron chi connectivity index (χ2n) is 8.24. The third-order valence-electron chi connectivity index (χ3n) is 5.23. The number of aromatic nitrogens is 1. The van der Waals surface area contributed by atoms with Gasteiger partial charge >= 0.3 is 0 Å². The summed E-state index contributed by atoms with van der Waals surface area (Å²) >= 11 is 0. The van der Waals surface area contributed by atoms with E-state index in [2.05, 4.69) is 43.6 Å². The summed E-state index contributed by atoms with van der Waals surface area (Å²) in [6.07, 6.45) is 7.75. The van der Waals surface area contributed by atoms with Crippen molar-refractivity contribution in [2.24, 2.45) is 5.41 Å². The van der Waals surface area contributed by atoms with Gasteiger partial charge in [-0.1, -0.05) is 44.2 Å². The minimum atomic E-state index is 0.166. The van der Waals surface area contributed by atoms with Crippen LogP contribution in [0.25, 0.3) is 16.7 Å². The number of carbonyl (C=O) groups excluding carboxylic acids is 1. The zero-order valence-corrected chi connectivity index (χ0v) is 17.0. The summed E-state index contributed by atoms with van der Waals surface area (Å²) in [6.45, 7) is 11.2. The lowest BCUT2D eigenvalue weighted by molar-refractivity contribution is -0.116. The van der Waals surface area contributed by atoms with E-state index in [4.69, 9.17) is 0 Å². The number of fused-ring (bicyclic) bond motifs is 1. The summed E-state index contributed by atoms with van der Waals surface area (Å²) in [4.78, 5) is 12.1. The van der Waals surface area contributed by atoms with Gasteiger partial charge in [-0.3, -0.25) is 4.79 Å². The number of phenolic OH excluding ortho intramolecular Hbond substituents is 1. The first-order valence-electron chi connectivity index (χ1n) is 9.60. The van der Waals surface area contributed by atoms with E-state index in [1.165, 1.54) is 16.8 Å². The maximum atomic E-state index is 12.1. The van der Waals surface area contributed by atoms with Crippen LogP contribution in [-0.2, 0) is 24.2 Å². The van der Waals surface area contributed by atoms with Gasteiger partial charge in [0.1, 0.15) is 11.5 Å². The molecule has 0 bridgehead atoms. The molecule has 3 heteroatoms. The second-order valence-corrected chi connectivity index (χ2v) is 8.24. The predicted molar refractivity (Wildman–Crippen MR) is 112 cm³/mol. The molecule has 1 aliphatic rings. The quantitative estimate of drug-likeness (QED) is 0.707. The van der Waals surface area contributed by atoms with Gasteiger partial charge in [0, 0.05) is 35.5 Å². The summed E-state index contributed by atoms with van der Waals surface area (Å²) in [5.74, 6) is 0.417. The number of phenols is 1. The van der Waals surface area contributed by atoms with Crippen LogP contribution in [0.4, 0.5) is 0 Å². The molecule has 142 valence electrons. The maximum Gasteiger partial charge on any atom is 0.135 e. The van der Waals surface area contributed by atoms with Crippen LogP contribution in [0.15, 0.2) is 42.5 Å². The van der Waals surface area contributed by atoms with Crippen LogP contribution in [0.3, 0.4) is 0 Å². The summed E-state index contributed by atoms with van der Waals surface area (Å²) < 4.78 is 2.37. The monoisotopic (exact) mass is 363 g/mol. The number of nitrogens with zero attached hydrogens (tertiary/aromatic N) is 1. The van der Waals surface area contributed by atoms with E-state index in [0.29, 0.717) is 6.42 Å². The molecule has 3 rings (SSSR count). The van der Waals surface area contributed by atoms with Gasteiger partial charge in [0.05, 0.1) is 0 Å². The Morgan fingerprint density at radius 2 is 1.89 bits per heavy atom. The van der Waals surface area contributed by atoms with Crippen molar-refractivity contribution in [3.63, 3.8) is 0 Å². The van der Waals surface area contributed by atoms with E-state index < -0.39 is 0 Å². The summed E-state index contributed by atoms with van der Waals surface area (Å²) in [5.41, 5.74) is 7.15. The Kier molecular flexibility index (Phi) is 5.14. The van der Waals surface area contributed by atoms with Crippen molar-refractivity contribution in [1.29, 1.82) is 0 Å². The number of hydrogen-bond acceptors (Lipinski definition) is 2. The largest absolute Gasteiger partial charge is 0.508 e. The van der Waals surface area contributed by atoms with Crippen LogP contribution in [0, 0.1) is 5.41 Å². The standard InChI is InChI=1S/C24H29NO2/c1-6-8-17(7-2)22-21-14-24(4,5)15-25(21)20(13-16(3)26)23(22)18-9-11-19(27)12-10-18/h6-12,27H,13-15H2,1-5H3/b8-6-,17-7+. The Bertz CT molecular complexity index is 924. The van der Waals surface area contributed by atoms with Crippen LogP contribution in [0.5, 0.6) is 5.75 Å². The second kappa shape index (κ2) is 7.22. The lowest BCUT2D eigenvalue weighted by atomic mass is 9.86. The zero-order chi connectivity index (χ0) is 19.8. The fourth-order valence-corrected chi connectivity index (χ4v) is 4.21. The summed E-state index contributed by atoms with van der Waals surface area (Å²) in [5, 5.41) is 9.73. The molecule has 0 fully saturated rings. The van der Waals surface area contributed by atoms with Crippen molar-refractivity contribution in [2.75, 3.05) is 0 Å². The SMILES string of the molecule is C/C=C\C(=C/C)c1c(-c2ccc(O)cc2)c(CC(C)=O)n2c1CC(C)(C)C2. The molecule has 1 aromatic carbocycles. The molecule has 0 saturated carbocycles. The van der Waals surface area contributed by atoms with Crippen LogP contribution < -0.4 is 0 Å². The van der Waals surface area contributed by atoms with Crippen molar-refractivity contribution >= 4 is 11.4 Å². The molecule has 0 spiro atoms. The van der Waals surface area contributed by atoms with Gasteiger partial charge in [-0.05, 0) is 55.9 Å². The topological polar surface area (TPSA) is 42.2 Å². The number of hydrogen-bond donors (Lipinski definition) is 1. The van der Waals surface area contributed by atoms with Gasteiger partial charge in [0.25, 0.3) is 0 Å². The highest BCUT2D eigenvalue weighted by atomic mass is 16.3. The van der Waals surface area contributed by atoms with E-state index in [-0.39, 0.29) is 16.9 Å². The Hall–Kier alpha value is -2.55. The molecule has 2 aromatic rings. The average molecular weight is 364 g/mol. The van der Waals surface area contributed by atoms with Gasteiger partial charge in [-0.25, -0.2) is 0 Å². The lowest BCUT2D eigenvalue weighted by Crippen LogP contribution is -2.15. The molecule has 1 aromatic heterocycles. The molecule has 1 N–H and O–H groups in total. The van der Waals surface area contributed by atoms with E-state index in [9.17, 15) is 9.90 Å². The number of aromatic hydroxyl groups is 1. The first-order chi connectivity index (χ1) is 12.8. The van der Waals surface area contributed by atoms with Gasteiger partial charge in [-0.15, -0.1) is 0 Å². The molecular weight excluding hydrogens is 334 g/mol. The number of benzene rings is 1. The highest BCUT2D eigenvalue weighted by Crippen LogP contribution is 2.45. The van der Waals surface area contributed by atoms with E-state index in [1.807, 2.05) is 19.1 Å². The molecule has 2 heterocycles. The summed E-state index contributed by atoms with van der Waals surface area (Å²) in [7, 11) is 0. The number of rotatable bonds is 5. The first-order valence-corrected chi connectivity index (χ1v) is 9.60. The van der Waals surface area contributed by atoms with Crippen molar-refractivity contribution in [3.05, 3.63) is 59.4 Å². The average Bonchev–Trinajstić information content (AvgIpc) is 3.05. The molecular formula is C24H29NO2. The first kappa shape index (κ1) is 19.2. The van der Waals surface area contributed by atoms with Crippen LogP contribution in [0.2, 0.25) is 0 Å². The normalized spacial score (nSPS) is 16.1. The van der Waals surface area contributed by atoms with E-state index in [1.54, 1.807) is 19.1 Å². The van der Waals surface area contributed by atoms with Crippen LogP contribution in [0.1, 0.15) is 51.6 Å². The third-order valence-corrected chi connectivity index (χ3v) is 5.23. The lowest BCUT2D eigenvalue weighted by Gasteiger charge is -2.19. The van der Waals surface area contributed by atoms with Crippen molar-refractivity contribution in [1.82, 2.24) is 4.57 Å². The maximum absolute atomic E-state index is 12.1. The minimum Gasteiger partial charge on any atom is -0.508 e. The zero-order valence-electron chi connectivity index (χ0n) is 17.0. The van der Waals surface area contributed by atoms with Crippen LogP contribution in [-0.4, -0.2) is 15.5 Å². The number of allylic oxidation sites excluding steroid dienone is 4. The number of ketones is 1. The van der Waals surface area contributed by atoms with Crippen molar-refractivity contribution in [3.8, 4) is 16.9 Å². The highest BCUT2D eigenvalue weighted by molar-refractivity contribution is 5.91. The predicted octanol–water partition coefficient (Wildman–Crippen LogP) is 5.55. The molecule has 0 radical (unpaired) electrons. The minimum absolute atomic E-state index is 0.166. The van der Waals surface area contributed by atoms with Crippen LogP contribution >= 0.6 is 0 Å². The fourth-order valence-electron chi connectivity index (χ4n) is 4.21. The van der Waals surface area contributed by atoms with Gasteiger partial charge in [0.2, 0.25) is 0 Å². The fraction of sp³-hybridized carbons (Fsp3) is 0.375. The van der Waals surface area contributed by atoms with E-state index in [0.717, 1.165) is 29.8 Å². The molecule has 27 heavy (non-hydrogen) atoms. The molecule has 0 aliphatic carbocycles. The smallest absolute Gasteiger partial charge is 0.135 e. The third kappa shape index (κ3) is 3.64. The number of Topliss-reactive ketones (excluding diaryl/α,β-unsaturated/α-hetero) is 1. The summed E-state index contributed by atoms with van der Waals surface area (Å²) in [6, 6.07) is 7.33. The molecule has 1 aliphatic heterocycles. The molecule has 0 amide bonds. The molecule has 0 unspecified atom stereocenters. The Morgan fingerprint density at radius 3 is 2.44 bits per heavy atom. The van der Waals surface area contributed by atoms with E-state index >= 15 is 0 Å². The molecule has 0 saturated heterocycles. The highest BCUT2D eigenvalue weighted by Gasteiger charge is 2.36. The van der Waals surface area contributed by atoms with Gasteiger partial charge in [0.15, 0.2) is 0 Å². The van der Waals surface area contributed by atoms with Crippen molar-refractivity contribution in [2.45, 2.75) is 54.0 Å². The Balaban J connectivity index is 2.35.